The maximum Gasteiger partial charge on any atom is 0.238 e. The smallest absolute Gasteiger partial charge is 0.238 e. The van der Waals surface area contributed by atoms with E-state index >= 15 is 0 Å². The minimum Gasteiger partial charge on any atom is -0.495 e. The second-order valence-electron chi connectivity index (χ2n) is 5.15. The molecule has 2 rings (SSSR count). The number of methoxy groups -OCH3 is 1. The van der Waals surface area contributed by atoms with Crippen LogP contribution in [0.25, 0.3) is 0 Å². The van der Waals surface area contributed by atoms with E-state index in [1.807, 2.05) is 0 Å². The van der Waals surface area contributed by atoms with Crippen molar-refractivity contribution in [1.82, 2.24) is 4.90 Å². The number of rotatable bonds is 4. The highest BCUT2D eigenvalue weighted by Gasteiger charge is 2.19. The van der Waals surface area contributed by atoms with E-state index in [1.54, 1.807) is 13.2 Å². The maximum absolute atomic E-state index is 11.4. The fraction of sp³-hybridized carbons (Fsp3) is 0.538. The molecule has 1 fully saturated rings. The Labute approximate surface area is 120 Å². The van der Waals surface area contributed by atoms with Gasteiger partial charge in [-0.2, -0.15) is 0 Å². The van der Waals surface area contributed by atoms with Crippen molar-refractivity contribution >= 4 is 15.7 Å². The van der Waals surface area contributed by atoms with E-state index in [4.69, 9.17) is 9.88 Å². The lowest BCUT2D eigenvalue weighted by atomic mass is 10.1. The summed E-state index contributed by atoms with van der Waals surface area (Å²) in [5.41, 5.74) is 0.666. The van der Waals surface area contributed by atoms with Crippen LogP contribution in [-0.4, -0.2) is 46.6 Å². The van der Waals surface area contributed by atoms with Gasteiger partial charge in [0.15, 0.2) is 0 Å². The molecule has 1 heterocycles. The van der Waals surface area contributed by atoms with Crippen molar-refractivity contribution in [2.75, 3.05) is 32.6 Å². The molecular weight excluding hydrogens is 278 g/mol. The molecule has 1 atom stereocenters. The zero-order chi connectivity index (χ0) is 14.8. The molecule has 112 valence electrons. The SMILES string of the molecule is COc1ccc(S(N)(=O)=O)cc1NC1CCCN(C)C1. The van der Waals surface area contributed by atoms with Gasteiger partial charge in [0.2, 0.25) is 10.0 Å². The Morgan fingerprint density at radius 2 is 2.20 bits per heavy atom. The molecule has 1 saturated heterocycles. The molecule has 1 aliphatic rings. The van der Waals surface area contributed by atoms with Crippen molar-refractivity contribution in [2.24, 2.45) is 5.14 Å². The van der Waals surface area contributed by atoms with E-state index in [-0.39, 0.29) is 10.9 Å². The van der Waals surface area contributed by atoms with E-state index in [1.165, 1.54) is 12.1 Å². The second-order valence-corrected chi connectivity index (χ2v) is 6.71. The van der Waals surface area contributed by atoms with E-state index in [9.17, 15) is 8.42 Å². The fourth-order valence-electron chi connectivity index (χ4n) is 2.48. The van der Waals surface area contributed by atoms with E-state index < -0.39 is 10.0 Å². The van der Waals surface area contributed by atoms with Gasteiger partial charge in [0, 0.05) is 12.6 Å². The van der Waals surface area contributed by atoms with Crippen LogP contribution < -0.4 is 15.2 Å². The number of piperidine rings is 1. The third-order valence-electron chi connectivity index (χ3n) is 3.48. The summed E-state index contributed by atoms with van der Waals surface area (Å²) in [6, 6.07) is 4.88. The molecule has 0 amide bonds. The standard InChI is InChI=1S/C13H21N3O3S/c1-16-7-3-4-10(9-16)15-12-8-11(20(14,17)18)5-6-13(12)19-2/h5-6,8,10,15H,3-4,7,9H2,1-2H3,(H2,14,17,18). The predicted octanol–water partition coefficient (Wildman–Crippen LogP) is 0.849. The molecule has 0 bridgehead atoms. The van der Waals surface area contributed by atoms with E-state index in [0.717, 1.165) is 25.9 Å². The van der Waals surface area contributed by atoms with Crippen LogP contribution in [0.2, 0.25) is 0 Å². The second kappa shape index (κ2) is 5.99. The minimum atomic E-state index is -3.71. The average Bonchev–Trinajstić information content (AvgIpc) is 2.37. The number of sulfonamides is 1. The normalized spacial score (nSPS) is 20.6. The highest BCUT2D eigenvalue weighted by Crippen LogP contribution is 2.28. The lowest BCUT2D eigenvalue weighted by molar-refractivity contribution is 0.260. The van der Waals surface area contributed by atoms with Crippen LogP contribution in [0.5, 0.6) is 5.75 Å². The van der Waals surface area contributed by atoms with Crippen LogP contribution in [0, 0.1) is 0 Å². The summed E-state index contributed by atoms with van der Waals surface area (Å²) in [6.07, 6.45) is 2.17. The van der Waals surface area contributed by atoms with Crippen molar-refractivity contribution in [3.05, 3.63) is 18.2 Å². The van der Waals surface area contributed by atoms with Crippen LogP contribution >= 0.6 is 0 Å². The number of ether oxygens (including phenoxy) is 1. The summed E-state index contributed by atoms with van der Waals surface area (Å²) in [7, 11) is -0.0730. The van der Waals surface area contributed by atoms with Crippen LogP contribution in [-0.2, 0) is 10.0 Å². The number of likely N-dealkylation sites (N-methyl/N-ethyl adjacent to an activating group) is 1. The third-order valence-corrected chi connectivity index (χ3v) is 4.39. The van der Waals surface area contributed by atoms with Gasteiger partial charge in [0.1, 0.15) is 5.75 Å². The summed E-state index contributed by atoms with van der Waals surface area (Å²) in [4.78, 5) is 2.34. The Bertz CT molecular complexity index is 574. The average molecular weight is 299 g/mol. The maximum atomic E-state index is 11.4. The van der Waals surface area contributed by atoms with Gasteiger partial charge in [-0.1, -0.05) is 0 Å². The topological polar surface area (TPSA) is 84.7 Å². The zero-order valence-corrected chi connectivity index (χ0v) is 12.6. The number of primary sulfonamides is 1. The summed E-state index contributed by atoms with van der Waals surface area (Å²) in [5, 5.41) is 8.52. The van der Waals surface area contributed by atoms with Crippen molar-refractivity contribution in [3.8, 4) is 5.75 Å². The number of anilines is 1. The number of hydrogen-bond donors (Lipinski definition) is 2. The Hall–Kier alpha value is -1.31. The zero-order valence-electron chi connectivity index (χ0n) is 11.8. The highest BCUT2D eigenvalue weighted by atomic mass is 32.2. The fourth-order valence-corrected chi connectivity index (χ4v) is 3.02. The van der Waals surface area contributed by atoms with E-state index in [0.29, 0.717) is 11.4 Å². The van der Waals surface area contributed by atoms with Gasteiger partial charge in [0.05, 0.1) is 17.7 Å². The number of nitrogens with zero attached hydrogens (tertiary/aromatic N) is 1. The Kier molecular flexibility index (Phi) is 4.52. The van der Waals surface area contributed by atoms with Gasteiger partial charge in [-0.15, -0.1) is 0 Å². The Balaban J connectivity index is 2.24. The molecule has 0 aliphatic carbocycles. The van der Waals surface area contributed by atoms with Crippen LogP contribution in [0.15, 0.2) is 23.1 Å². The van der Waals surface area contributed by atoms with Crippen molar-refractivity contribution < 1.29 is 13.2 Å². The quantitative estimate of drug-likeness (QED) is 0.861. The Morgan fingerprint density at radius 3 is 2.80 bits per heavy atom. The lowest BCUT2D eigenvalue weighted by Gasteiger charge is -2.31. The Morgan fingerprint density at radius 1 is 1.45 bits per heavy atom. The van der Waals surface area contributed by atoms with Crippen LogP contribution in [0.1, 0.15) is 12.8 Å². The number of hydrogen-bond acceptors (Lipinski definition) is 5. The van der Waals surface area contributed by atoms with Gasteiger partial charge < -0.3 is 15.0 Å². The molecule has 7 heteroatoms. The number of nitrogens with two attached hydrogens (primary N) is 1. The molecule has 6 nitrogen and oxygen atoms in total. The summed E-state index contributed by atoms with van der Waals surface area (Å²) in [6.45, 7) is 2.01. The van der Waals surface area contributed by atoms with Crippen molar-refractivity contribution in [1.29, 1.82) is 0 Å². The molecule has 0 radical (unpaired) electrons. The molecule has 1 aromatic carbocycles. The molecule has 0 saturated carbocycles. The number of benzene rings is 1. The van der Waals surface area contributed by atoms with Crippen molar-refractivity contribution in [3.63, 3.8) is 0 Å². The molecule has 20 heavy (non-hydrogen) atoms. The first-order valence-corrected chi connectivity index (χ1v) is 8.10. The molecular formula is C13H21N3O3S. The number of likely N-dealkylation sites (tertiary alicyclic amines) is 1. The summed E-state index contributed by atoms with van der Waals surface area (Å²) >= 11 is 0. The molecule has 0 aromatic heterocycles. The van der Waals surface area contributed by atoms with Gasteiger partial charge in [-0.05, 0) is 44.6 Å². The van der Waals surface area contributed by atoms with Gasteiger partial charge in [-0.3, -0.25) is 0 Å². The first-order chi connectivity index (χ1) is 9.40. The van der Waals surface area contributed by atoms with Crippen molar-refractivity contribution in [2.45, 2.75) is 23.8 Å². The van der Waals surface area contributed by atoms with Gasteiger partial charge in [-0.25, -0.2) is 13.6 Å². The third kappa shape index (κ3) is 3.62. The molecule has 1 unspecified atom stereocenters. The monoisotopic (exact) mass is 299 g/mol. The molecule has 3 N–H and O–H groups in total. The first-order valence-electron chi connectivity index (χ1n) is 6.56. The first kappa shape index (κ1) is 15.1. The van der Waals surface area contributed by atoms with E-state index in [2.05, 4.69) is 17.3 Å². The predicted molar refractivity (Wildman–Crippen MR) is 78.5 cm³/mol. The van der Waals surface area contributed by atoms with Gasteiger partial charge >= 0.3 is 0 Å². The lowest BCUT2D eigenvalue weighted by Crippen LogP contribution is -2.39. The number of nitrogens with one attached hydrogen (secondary N) is 1. The van der Waals surface area contributed by atoms with Crippen LogP contribution in [0.3, 0.4) is 0 Å². The summed E-state index contributed by atoms with van der Waals surface area (Å²) < 4.78 is 28.1. The minimum absolute atomic E-state index is 0.0879. The van der Waals surface area contributed by atoms with Gasteiger partial charge in [0.25, 0.3) is 0 Å². The summed E-state index contributed by atoms with van der Waals surface area (Å²) in [5.74, 6) is 0.616. The largest absolute Gasteiger partial charge is 0.495 e. The van der Waals surface area contributed by atoms with Crippen LogP contribution in [0.4, 0.5) is 5.69 Å². The molecule has 0 spiro atoms. The molecule has 1 aromatic rings. The highest BCUT2D eigenvalue weighted by molar-refractivity contribution is 7.89. The molecule has 1 aliphatic heterocycles.